The van der Waals surface area contributed by atoms with Gasteiger partial charge in [0.1, 0.15) is 6.67 Å². The normalized spacial score (nSPS) is 13.8. The Balaban J connectivity index is 2.46. The number of hydrogen-bond acceptors (Lipinski definition) is 3. The molecule has 0 aliphatic carbocycles. The Morgan fingerprint density at radius 2 is 1.61 bits per heavy atom. The van der Waals surface area contributed by atoms with Crippen LogP contribution in [0.25, 0.3) is 0 Å². The van der Waals surface area contributed by atoms with Gasteiger partial charge in [-0.2, -0.15) is 0 Å². The second-order valence-electron chi connectivity index (χ2n) is 5.17. The molecule has 1 aromatic rings. The lowest BCUT2D eigenvalue weighted by molar-refractivity contribution is -0.136. The summed E-state index contributed by atoms with van der Waals surface area (Å²) in [6.45, 7) is 3.96. The van der Waals surface area contributed by atoms with E-state index >= 15 is 0 Å². The van der Waals surface area contributed by atoms with Crippen molar-refractivity contribution in [2.75, 3.05) is 16.9 Å². The van der Waals surface area contributed by atoms with Gasteiger partial charge >= 0.3 is 0 Å². The molecule has 1 aliphatic rings. The average molecular weight is 379 g/mol. The monoisotopic (exact) mass is 378 g/mol. The fourth-order valence-corrected chi connectivity index (χ4v) is 2.92. The number of aryl methyl sites for hydroxylation is 2. The Morgan fingerprint density at radius 1 is 1.09 bits per heavy atom. The molecule has 0 saturated carbocycles. The summed E-state index contributed by atoms with van der Waals surface area (Å²) in [5, 5.41) is 0.123. The molecule has 0 aromatic heterocycles. The number of hydrogen-bond donors (Lipinski definition) is 0. The van der Waals surface area contributed by atoms with E-state index in [1.807, 2.05) is 32.0 Å². The molecule has 0 atom stereocenters. The van der Waals surface area contributed by atoms with Gasteiger partial charge in [-0.3, -0.25) is 24.2 Å². The maximum Gasteiger partial charge on any atom is 0.255 e. The first kappa shape index (κ1) is 17.4. The van der Waals surface area contributed by atoms with E-state index < -0.39 is 11.8 Å². The van der Waals surface area contributed by atoms with Gasteiger partial charge in [-0.25, -0.2) is 0 Å². The van der Waals surface area contributed by atoms with E-state index in [-0.39, 0.29) is 17.9 Å². The summed E-state index contributed by atoms with van der Waals surface area (Å²) in [5.41, 5.74) is 2.84. The van der Waals surface area contributed by atoms with Crippen LogP contribution >= 0.6 is 15.9 Å². The highest BCUT2D eigenvalue weighted by molar-refractivity contribution is 9.09. The van der Waals surface area contributed by atoms with Crippen LogP contribution in [-0.2, 0) is 27.2 Å². The van der Waals surface area contributed by atoms with E-state index in [1.165, 1.54) is 17.1 Å². The van der Waals surface area contributed by atoms with Crippen LogP contribution in [0.4, 0.5) is 5.69 Å². The molecule has 0 N–H and O–H groups in total. The number of rotatable bonds is 6. The maximum atomic E-state index is 12.5. The smallest absolute Gasteiger partial charge is 0.255 e. The molecule has 0 spiro atoms. The van der Waals surface area contributed by atoms with Crippen LogP contribution in [-0.4, -0.2) is 34.6 Å². The lowest BCUT2D eigenvalue weighted by Crippen LogP contribution is -2.45. The molecule has 1 aromatic carbocycles. The lowest BCUT2D eigenvalue weighted by Gasteiger charge is -2.30. The quantitative estimate of drug-likeness (QED) is 0.564. The van der Waals surface area contributed by atoms with Crippen LogP contribution in [0.15, 0.2) is 30.4 Å². The number of benzene rings is 1. The number of carbonyl (C=O) groups is 3. The Bertz CT molecular complexity index is 630. The summed E-state index contributed by atoms with van der Waals surface area (Å²) < 4.78 is 0. The number of halogens is 1. The highest BCUT2D eigenvalue weighted by atomic mass is 79.9. The summed E-state index contributed by atoms with van der Waals surface area (Å²) in [7, 11) is 0. The highest BCUT2D eigenvalue weighted by Gasteiger charge is 2.29. The lowest BCUT2D eigenvalue weighted by atomic mass is 10.0. The minimum Gasteiger partial charge on any atom is -0.292 e. The second-order valence-corrected chi connectivity index (χ2v) is 5.73. The molecular weight excluding hydrogens is 360 g/mol. The van der Waals surface area contributed by atoms with Crippen molar-refractivity contribution in [1.29, 1.82) is 0 Å². The number of carbonyl (C=O) groups excluding carboxylic acids is 3. The topological polar surface area (TPSA) is 57.7 Å². The van der Waals surface area contributed by atoms with E-state index in [9.17, 15) is 14.4 Å². The number of anilines is 1. The third-order valence-corrected chi connectivity index (χ3v) is 4.31. The second kappa shape index (κ2) is 7.55. The van der Waals surface area contributed by atoms with Crippen LogP contribution in [0, 0.1) is 0 Å². The molecule has 23 heavy (non-hydrogen) atoms. The maximum absolute atomic E-state index is 12.5. The van der Waals surface area contributed by atoms with Crippen LogP contribution in [0.2, 0.25) is 0 Å². The summed E-state index contributed by atoms with van der Waals surface area (Å²) in [6, 6.07) is 5.90. The van der Waals surface area contributed by atoms with E-state index in [0.717, 1.165) is 34.6 Å². The molecule has 0 unspecified atom stereocenters. The van der Waals surface area contributed by atoms with Crippen LogP contribution in [0.1, 0.15) is 25.0 Å². The molecule has 3 amide bonds. The van der Waals surface area contributed by atoms with E-state index in [1.54, 1.807) is 0 Å². The first-order valence-electron chi connectivity index (χ1n) is 7.54. The van der Waals surface area contributed by atoms with Gasteiger partial charge in [-0.15, -0.1) is 0 Å². The van der Waals surface area contributed by atoms with Crippen molar-refractivity contribution < 1.29 is 14.4 Å². The zero-order valence-electron chi connectivity index (χ0n) is 13.2. The molecule has 1 heterocycles. The molecule has 0 bridgehead atoms. The molecule has 6 heteroatoms. The number of amides is 3. The molecule has 0 radical (unpaired) electrons. The number of imide groups is 1. The predicted octanol–water partition coefficient (Wildman–Crippen LogP) is 2.42. The molecule has 2 rings (SSSR count). The summed E-state index contributed by atoms with van der Waals surface area (Å²) >= 11 is 3.19. The molecule has 122 valence electrons. The van der Waals surface area contributed by atoms with Crippen LogP contribution < -0.4 is 4.90 Å². The fourth-order valence-electron chi connectivity index (χ4n) is 2.62. The summed E-state index contributed by atoms with van der Waals surface area (Å²) in [5.74, 6) is -0.975. The van der Waals surface area contributed by atoms with Gasteiger partial charge in [0.15, 0.2) is 0 Å². The third-order valence-electron chi connectivity index (χ3n) is 3.83. The SMILES string of the molecule is CCc1cccc(CC)c1N(CN1C(=O)C=CC1=O)C(=O)CBr. The molecule has 0 fully saturated rings. The number of alkyl halides is 1. The summed E-state index contributed by atoms with van der Waals surface area (Å²) in [4.78, 5) is 38.7. The number of nitrogens with zero attached hydrogens (tertiary/aromatic N) is 2. The van der Waals surface area contributed by atoms with Crippen molar-refractivity contribution >= 4 is 39.3 Å². The van der Waals surface area contributed by atoms with Crippen molar-refractivity contribution in [3.05, 3.63) is 41.5 Å². The first-order chi connectivity index (χ1) is 11.0. The van der Waals surface area contributed by atoms with Crippen LogP contribution in [0.5, 0.6) is 0 Å². The zero-order chi connectivity index (χ0) is 17.0. The van der Waals surface area contributed by atoms with Gasteiger partial charge in [0.25, 0.3) is 11.8 Å². The summed E-state index contributed by atoms with van der Waals surface area (Å²) in [6.07, 6.45) is 3.97. The standard InChI is InChI=1S/C17H19BrN2O3/c1-3-12-6-5-7-13(4-2)17(12)20(16(23)10-18)11-19-14(21)8-9-15(19)22/h5-9H,3-4,10-11H2,1-2H3. The Morgan fingerprint density at radius 3 is 2.04 bits per heavy atom. The van der Waals surface area contributed by atoms with E-state index in [4.69, 9.17) is 0 Å². The van der Waals surface area contributed by atoms with Crippen molar-refractivity contribution in [2.45, 2.75) is 26.7 Å². The predicted molar refractivity (Wildman–Crippen MR) is 92.3 cm³/mol. The van der Waals surface area contributed by atoms with E-state index in [0.29, 0.717) is 0 Å². The Kier molecular flexibility index (Phi) is 5.71. The molecule has 1 aliphatic heterocycles. The van der Waals surface area contributed by atoms with Crippen molar-refractivity contribution in [3.63, 3.8) is 0 Å². The highest BCUT2D eigenvalue weighted by Crippen LogP contribution is 2.28. The average Bonchev–Trinajstić information content (AvgIpc) is 2.89. The van der Waals surface area contributed by atoms with Crippen molar-refractivity contribution in [1.82, 2.24) is 4.90 Å². The Hall–Kier alpha value is -1.95. The number of para-hydroxylation sites is 1. The van der Waals surface area contributed by atoms with Gasteiger partial charge in [0, 0.05) is 12.2 Å². The zero-order valence-corrected chi connectivity index (χ0v) is 14.8. The fraction of sp³-hybridized carbons (Fsp3) is 0.353. The van der Waals surface area contributed by atoms with Crippen molar-refractivity contribution in [3.8, 4) is 0 Å². The minimum atomic E-state index is -0.394. The first-order valence-corrected chi connectivity index (χ1v) is 8.66. The van der Waals surface area contributed by atoms with Gasteiger partial charge in [-0.1, -0.05) is 48.0 Å². The van der Waals surface area contributed by atoms with Gasteiger partial charge in [-0.05, 0) is 24.0 Å². The van der Waals surface area contributed by atoms with Gasteiger partial charge in [0.2, 0.25) is 5.91 Å². The Labute approximate surface area is 144 Å². The molecule has 0 saturated heterocycles. The molecule has 5 nitrogen and oxygen atoms in total. The van der Waals surface area contributed by atoms with E-state index in [2.05, 4.69) is 15.9 Å². The largest absolute Gasteiger partial charge is 0.292 e. The van der Waals surface area contributed by atoms with Gasteiger partial charge < -0.3 is 0 Å². The van der Waals surface area contributed by atoms with Crippen molar-refractivity contribution in [2.24, 2.45) is 0 Å². The third kappa shape index (κ3) is 3.52. The molecular formula is C17H19BrN2O3. The van der Waals surface area contributed by atoms with Crippen LogP contribution in [0.3, 0.4) is 0 Å². The van der Waals surface area contributed by atoms with Gasteiger partial charge in [0.05, 0.1) is 11.0 Å². The minimum absolute atomic E-state index is 0.0703.